The molecule has 4 aliphatic rings. The Kier molecular flexibility index (Phi) is 4.17. The molecule has 0 unspecified atom stereocenters. The van der Waals surface area contributed by atoms with Crippen molar-refractivity contribution in [3.8, 4) is 11.5 Å². The smallest absolute Gasteiger partial charge is 0.559 e. The largest absolute Gasteiger partial charge is 0.656 e. The van der Waals surface area contributed by atoms with Gasteiger partial charge in [-0.1, -0.05) is 73.3 Å². The van der Waals surface area contributed by atoms with Crippen molar-refractivity contribution in [2.24, 2.45) is 0 Å². The number of nitrogens with zero attached hydrogens (tertiary/aromatic N) is 1. The third-order valence-corrected chi connectivity index (χ3v) is 7.69. The third kappa shape index (κ3) is 2.62. The van der Waals surface area contributed by atoms with E-state index in [-0.39, 0.29) is 13.6 Å². The van der Waals surface area contributed by atoms with Crippen LogP contribution in [0.2, 0.25) is 0 Å². The van der Waals surface area contributed by atoms with Crippen molar-refractivity contribution in [3.05, 3.63) is 108 Å². The van der Waals surface area contributed by atoms with Gasteiger partial charge in [-0.15, -0.1) is 0 Å². The van der Waals surface area contributed by atoms with Gasteiger partial charge >= 0.3 is 28.0 Å². The lowest BCUT2D eigenvalue weighted by Gasteiger charge is -2.46. The zero-order valence-corrected chi connectivity index (χ0v) is 19.7. The van der Waals surface area contributed by atoms with E-state index in [2.05, 4.69) is 66.8 Å². The van der Waals surface area contributed by atoms with E-state index >= 15 is 0 Å². The van der Waals surface area contributed by atoms with Crippen LogP contribution in [-0.2, 0) is 9.14 Å². The second-order valence-corrected chi connectivity index (χ2v) is 9.55. The van der Waals surface area contributed by atoms with Crippen LogP contribution in [0.25, 0.3) is 21.5 Å². The van der Waals surface area contributed by atoms with Crippen LogP contribution in [0.1, 0.15) is 6.92 Å². The van der Waals surface area contributed by atoms with Crippen molar-refractivity contribution >= 4 is 60.7 Å². The van der Waals surface area contributed by atoms with Crippen LogP contribution >= 0.6 is 0 Å². The Balaban J connectivity index is 1.33. The Labute approximate surface area is 210 Å². The van der Waals surface area contributed by atoms with Crippen LogP contribution < -0.4 is 19.6 Å². The molecule has 168 valence electrons. The SMILES string of the molecule is C=C/C=C1/B2Oc3cccc4cccc(c34)B2OB2OB3Oc4cccc5cccc(c45)N3C(C)=C21. The minimum atomic E-state index is -0.631. The van der Waals surface area contributed by atoms with E-state index in [0.717, 1.165) is 60.8 Å². The summed E-state index contributed by atoms with van der Waals surface area (Å²) in [7, 11) is -1.24. The molecule has 0 spiro atoms. The van der Waals surface area contributed by atoms with E-state index < -0.39 is 14.4 Å². The van der Waals surface area contributed by atoms with Crippen LogP contribution in [0.5, 0.6) is 11.5 Å². The standard InChI is InChI=1S/C27H19B4NO4/c1-3-8-21-27-17(2)32-22-14-5-10-19-12-7-16-24(26(19)22)34-31(32)36-30(27)35-29-20-13-4-9-18-11-6-15-23(25(18)20)33-28(21)29/h3-16H,1H2,2H3/b21-8+. The lowest BCUT2D eigenvalue weighted by atomic mass is 9.16. The lowest BCUT2D eigenvalue weighted by molar-refractivity contribution is 0.368. The molecule has 0 amide bonds. The van der Waals surface area contributed by atoms with Gasteiger partial charge in [-0.2, -0.15) is 0 Å². The Morgan fingerprint density at radius 1 is 0.778 bits per heavy atom. The van der Waals surface area contributed by atoms with E-state index in [1.165, 1.54) is 0 Å². The third-order valence-electron chi connectivity index (χ3n) is 7.69. The van der Waals surface area contributed by atoms with Crippen molar-refractivity contribution in [2.45, 2.75) is 6.92 Å². The minimum absolute atomic E-state index is 0.317. The van der Waals surface area contributed by atoms with E-state index in [9.17, 15) is 0 Å². The fourth-order valence-corrected chi connectivity index (χ4v) is 6.21. The fourth-order valence-electron chi connectivity index (χ4n) is 6.21. The molecule has 36 heavy (non-hydrogen) atoms. The number of benzene rings is 4. The molecular weight excluding hydrogens is 446 g/mol. The van der Waals surface area contributed by atoms with Crippen molar-refractivity contribution in [1.29, 1.82) is 0 Å². The van der Waals surface area contributed by atoms with Crippen LogP contribution in [-0.4, -0.2) is 28.0 Å². The average Bonchev–Trinajstić information content (AvgIpc) is 2.90. The number of fused-ring (bicyclic) bond motifs is 5. The summed E-state index contributed by atoms with van der Waals surface area (Å²) in [6.45, 7) is 5.47. The maximum absolute atomic E-state index is 6.71. The summed E-state index contributed by atoms with van der Waals surface area (Å²) in [6, 6.07) is 24.9. The van der Waals surface area contributed by atoms with Gasteiger partial charge < -0.3 is 23.3 Å². The first-order valence-corrected chi connectivity index (χ1v) is 12.2. The molecule has 9 heteroatoms. The van der Waals surface area contributed by atoms with Gasteiger partial charge in [0.1, 0.15) is 11.5 Å². The van der Waals surface area contributed by atoms with Gasteiger partial charge in [0, 0.05) is 22.2 Å². The lowest BCUT2D eigenvalue weighted by Crippen LogP contribution is -2.67. The normalized spacial score (nSPS) is 18.7. The van der Waals surface area contributed by atoms with Crippen molar-refractivity contribution in [1.82, 2.24) is 0 Å². The number of rotatable bonds is 1. The van der Waals surface area contributed by atoms with Crippen LogP contribution in [0.15, 0.2) is 108 Å². The predicted octanol–water partition coefficient (Wildman–Crippen LogP) is 4.55. The maximum atomic E-state index is 6.71. The Bertz CT molecular complexity index is 1680. The Morgan fingerprint density at radius 2 is 1.47 bits per heavy atom. The van der Waals surface area contributed by atoms with Crippen molar-refractivity contribution < 1.29 is 18.5 Å². The Hall–Kier alpha value is -3.80. The molecule has 4 aromatic carbocycles. The predicted molar refractivity (Wildman–Crippen MR) is 147 cm³/mol. The topological polar surface area (TPSA) is 40.2 Å². The highest BCUT2D eigenvalue weighted by Crippen LogP contribution is 2.46. The van der Waals surface area contributed by atoms with Crippen LogP contribution in [0.3, 0.4) is 0 Å². The van der Waals surface area contributed by atoms with E-state index in [1.807, 2.05) is 36.4 Å². The summed E-state index contributed by atoms with van der Waals surface area (Å²) in [5, 5.41) is 4.44. The van der Waals surface area contributed by atoms with Crippen molar-refractivity contribution in [3.63, 3.8) is 0 Å². The molecule has 0 aliphatic carbocycles. The molecular formula is C27H19B4NO4. The first kappa shape index (κ1) is 20.4. The Morgan fingerprint density at radius 3 is 2.25 bits per heavy atom. The summed E-state index contributed by atoms with van der Waals surface area (Å²) < 4.78 is 26.3. The molecule has 0 N–H and O–H groups in total. The highest BCUT2D eigenvalue weighted by atomic mass is 16.6. The first-order valence-electron chi connectivity index (χ1n) is 12.2. The van der Waals surface area contributed by atoms with Crippen LogP contribution in [0, 0.1) is 0 Å². The summed E-state index contributed by atoms with van der Waals surface area (Å²) >= 11 is 0. The zero-order valence-electron chi connectivity index (χ0n) is 19.7. The summed E-state index contributed by atoms with van der Waals surface area (Å²) in [6.07, 6.45) is 3.84. The van der Waals surface area contributed by atoms with Gasteiger partial charge in [0.2, 0.25) is 0 Å². The molecule has 1 fully saturated rings. The molecule has 5 nitrogen and oxygen atoms in total. The molecule has 0 atom stereocenters. The monoisotopic (exact) mass is 465 g/mol. The van der Waals surface area contributed by atoms with Gasteiger partial charge in [0.25, 0.3) is 0 Å². The molecule has 4 aromatic rings. The van der Waals surface area contributed by atoms with Gasteiger partial charge in [-0.3, -0.25) is 0 Å². The van der Waals surface area contributed by atoms with E-state index in [4.69, 9.17) is 18.5 Å². The second-order valence-electron chi connectivity index (χ2n) is 9.55. The zero-order chi connectivity index (χ0) is 24.0. The van der Waals surface area contributed by atoms with Crippen LogP contribution in [0.4, 0.5) is 5.69 Å². The average molecular weight is 465 g/mol. The quantitative estimate of drug-likeness (QED) is 0.387. The molecule has 8 rings (SSSR count). The highest BCUT2D eigenvalue weighted by Gasteiger charge is 2.58. The van der Waals surface area contributed by atoms with Gasteiger partial charge in [-0.25, -0.2) is 0 Å². The summed E-state index contributed by atoms with van der Waals surface area (Å²) in [4.78, 5) is 2.12. The van der Waals surface area contributed by atoms with Gasteiger partial charge in [0.05, 0.1) is 0 Å². The molecule has 0 bridgehead atoms. The first-order chi connectivity index (χ1) is 17.7. The highest BCUT2D eigenvalue weighted by molar-refractivity contribution is 7.29. The van der Waals surface area contributed by atoms with E-state index in [1.54, 1.807) is 0 Å². The van der Waals surface area contributed by atoms with Gasteiger partial charge in [-0.05, 0) is 52.3 Å². The minimum Gasteiger partial charge on any atom is -0.559 e. The van der Waals surface area contributed by atoms with Gasteiger partial charge in [0.15, 0.2) is 0 Å². The number of hydrogen-bond donors (Lipinski definition) is 0. The molecule has 4 aliphatic heterocycles. The van der Waals surface area contributed by atoms with Crippen molar-refractivity contribution in [2.75, 3.05) is 4.81 Å². The van der Waals surface area contributed by atoms with E-state index in [0.29, 0.717) is 0 Å². The molecule has 1 saturated heterocycles. The summed E-state index contributed by atoms with van der Waals surface area (Å²) in [5.41, 5.74) is 5.16. The number of anilines is 1. The summed E-state index contributed by atoms with van der Waals surface area (Å²) in [5.74, 6) is 1.69. The molecule has 0 radical (unpaired) electrons. The number of hydrogen-bond acceptors (Lipinski definition) is 5. The fraction of sp³-hybridized carbons (Fsp3) is 0.0370. The number of allylic oxidation sites excluding steroid dienone is 5. The molecule has 0 saturated carbocycles. The molecule has 0 aromatic heterocycles. The maximum Gasteiger partial charge on any atom is 0.656 e. The molecule has 4 heterocycles. The second kappa shape index (κ2) is 7.35.